The zero-order valence-electron chi connectivity index (χ0n) is 36.4. The summed E-state index contributed by atoms with van der Waals surface area (Å²) in [5, 5.41) is 4.30. The van der Waals surface area contributed by atoms with Gasteiger partial charge in [-0.2, -0.15) is 0 Å². The van der Waals surface area contributed by atoms with E-state index in [4.69, 9.17) is 14.2 Å². The van der Waals surface area contributed by atoms with E-state index in [0.29, 0.717) is 69.7 Å². The fraction of sp³-hybridized carbons (Fsp3) is 0.651. The molecule has 340 valence electrons. The van der Waals surface area contributed by atoms with E-state index < -0.39 is 85.7 Å². The minimum atomic E-state index is -4.06. The zero-order chi connectivity index (χ0) is 45.0. The van der Waals surface area contributed by atoms with Gasteiger partial charge in [-0.25, -0.2) is 32.4 Å². The van der Waals surface area contributed by atoms with Gasteiger partial charge in [-0.3, -0.25) is 24.5 Å². The van der Waals surface area contributed by atoms with Crippen LogP contribution < -0.4 is 35.3 Å². The first-order chi connectivity index (χ1) is 29.1. The molecule has 3 fully saturated rings. The van der Waals surface area contributed by atoms with Gasteiger partial charge in [-0.1, -0.05) is 32.4 Å². The van der Waals surface area contributed by atoms with E-state index in [9.17, 15) is 31.6 Å². The standard InChI is InChI=1S/C43H59F2N7O9S/c1-8-26-21-25(2)11-9-10-12-27-23-43(27,38(55)50-62(57,58)41(5)16-17-41)47-35(53)32-22-28(24-52(32)37(54)33(26)48-49-39(56)61-40(3,4)42(6,44)45)60-36-30-13-14-31-34(29(30)15-18-46-36)59-20-19-51(31)7/h10,12-15,18,25-28,32-33,48H,8-9,11,16-17,19-24H2,1-7H3,(H,47,53)(H,49,56)(H,50,55)/b12-10-/t25-,26+,27+,28+,32-,33-,43+/m0/s1. The van der Waals surface area contributed by atoms with Crippen LogP contribution in [0.5, 0.6) is 11.6 Å². The number of alkyl halides is 2. The summed E-state index contributed by atoms with van der Waals surface area (Å²) >= 11 is 0. The van der Waals surface area contributed by atoms with Crippen LogP contribution in [0.15, 0.2) is 36.5 Å². The number of benzene rings is 1. The number of anilines is 1. The number of hydrogen-bond acceptors (Lipinski definition) is 12. The van der Waals surface area contributed by atoms with Gasteiger partial charge in [-0.05, 0) is 89.3 Å². The van der Waals surface area contributed by atoms with Crippen molar-refractivity contribution in [3.05, 3.63) is 36.5 Å². The highest BCUT2D eigenvalue weighted by molar-refractivity contribution is 7.91. The van der Waals surface area contributed by atoms with Crippen LogP contribution in [0.4, 0.5) is 19.3 Å². The van der Waals surface area contributed by atoms with Gasteiger partial charge in [0.25, 0.3) is 11.8 Å². The van der Waals surface area contributed by atoms with Crippen LogP contribution in [0.1, 0.15) is 92.9 Å². The van der Waals surface area contributed by atoms with Crippen molar-refractivity contribution in [1.29, 1.82) is 0 Å². The number of fused-ring (bicyclic) bond motifs is 5. The highest BCUT2D eigenvalue weighted by atomic mass is 32.2. The molecular formula is C43H59F2N7O9S. The number of pyridine rings is 1. The SMILES string of the molecule is CC[C@@H]1C[C@@H](C)CC/C=C\[C@@H]2C[C@@]2(C(=O)NS(=O)(=O)C2(C)CC2)NC(=O)[C@@H]2C[C@@H](Oc3nccc4c5c(ccc34)N(C)CCO5)CN2C(=O)[C@H]1NNC(=O)OC(C)(C)C(C)(F)F. The average molecular weight is 888 g/mol. The molecule has 62 heavy (non-hydrogen) atoms. The number of sulfonamides is 1. The maximum atomic E-state index is 15.1. The summed E-state index contributed by atoms with van der Waals surface area (Å²) in [6.07, 6.45) is 6.51. The Balaban J connectivity index is 1.22. The summed E-state index contributed by atoms with van der Waals surface area (Å²) in [4.78, 5) is 64.8. The molecule has 0 bridgehead atoms. The Hall–Kier alpha value is -4.78. The van der Waals surface area contributed by atoms with Crippen molar-refractivity contribution in [2.24, 2.45) is 17.8 Å². The summed E-state index contributed by atoms with van der Waals surface area (Å²) in [6.45, 7) is 9.37. The van der Waals surface area contributed by atoms with Gasteiger partial charge in [-0.15, -0.1) is 0 Å². The average Bonchev–Trinajstić information content (AvgIpc) is 4.08. The van der Waals surface area contributed by atoms with Crippen molar-refractivity contribution in [1.82, 2.24) is 30.8 Å². The molecule has 5 aliphatic rings. The lowest BCUT2D eigenvalue weighted by Gasteiger charge is -2.35. The van der Waals surface area contributed by atoms with Gasteiger partial charge in [0.15, 0.2) is 11.4 Å². The molecule has 4 N–H and O–H groups in total. The van der Waals surface area contributed by atoms with Crippen molar-refractivity contribution in [3.8, 4) is 11.6 Å². The molecule has 0 spiro atoms. The Labute approximate surface area is 361 Å². The van der Waals surface area contributed by atoms with Gasteiger partial charge in [0.1, 0.15) is 30.3 Å². The van der Waals surface area contributed by atoms with E-state index in [1.54, 1.807) is 13.1 Å². The molecule has 2 aromatic rings. The number of hydrogen-bond donors (Lipinski definition) is 4. The summed E-state index contributed by atoms with van der Waals surface area (Å²) in [5.41, 5.74) is 2.24. The van der Waals surface area contributed by atoms with Crippen LogP contribution in [0.25, 0.3) is 10.8 Å². The molecule has 1 saturated heterocycles. The van der Waals surface area contributed by atoms with Gasteiger partial charge in [0.05, 0.1) is 23.5 Å². The number of nitrogens with one attached hydrogen (secondary N) is 4. The Bertz CT molecular complexity index is 2230. The molecule has 16 nitrogen and oxygen atoms in total. The van der Waals surface area contributed by atoms with E-state index in [-0.39, 0.29) is 31.2 Å². The predicted octanol–water partition coefficient (Wildman–Crippen LogP) is 4.72. The minimum Gasteiger partial charge on any atom is -0.489 e. The Morgan fingerprint density at radius 1 is 1.11 bits per heavy atom. The fourth-order valence-corrected chi connectivity index (χ4v) is 9.91. The molecule has 7 rings (SSSR count). The normalized spacial score (nSPS) is 29.4. The van der Waals surface area contributed by atoms with E-state index in [0.717, 1.165) is 24.9 Å². The fourth-order valence-electron chi connectivity index (χ4n) is 8.60. The molecule has 0 radical (unpaired) electrons. The first-order valence-electron chi connectivity index (χ1n) is 21.5. The van der Waals surface area contributed by atoms with Crippen LogP contribution in [-0.4, -0.2) is 109 Å². The highest BCUT2D eigenvalue weighted by Crippen LogP contribution is 2.48. The summed E-state index contributed by atoms with van der Waals surface area (Å²) in [5.74, 6) is -5.46. The quantitative estimate of drug-likeness (QED) is 0.190. The maximum absolute atomic E-state index is 15.1. The molecule has 7 atom stereocenters. The number of hydrazine groups is 1. The third-order valence-electron chi connectivity index (χ3n) is 13.5. The Morgan fingerprint density at radius 2 is 1.85 bits per heavy atom. The summed E-state index contributed by atoms with van der Waals surface area (Å²) in [7, 11) is -2.08. The Morgan fingerprint density at radius 3 is 2.55 bits per heavy atom. The smallest absolute Gasteiger partial charge is 0.422 e. The molecule has 2 aliphatic carbocycles. The van der Waals surface area contributed by atoms with Gasteiger partial charge >= 0.3 is 6.09 Å². The van der Waals surface area contributed by atoms with E-state index in [1.807, 2.05) is 51.2 Å². The number of amides is 4. The van der Waals surface area contributed by atoms with Crippen LogP contribution in [-0.2, 0) is 29.1 Å². The van der Waals surface area contributed by atoms with Crippen LogP contribution in [0, 0.1) is 17.8 Å². The van der Waals surface area contributed by atoms with Crippen LogP contribution in [0.2, 0.25) is 0 Å². The number of allylic oxidation sites excluding steroid dienone is 1. The molecule has 2 saturated carbocycles. The number of rotatable bonds is 10. The third-order valence-corrected chi connectivity index (χ3v) is 15.7. The number of likely N-dealkylation sites (N-methyl/N-ethyl adjacent to an activating group) is 1. The molecule has 1 aromatic carbocycles. The second-order valence-corrected chi connectivity index (χ2v) is 20.8. The minimum absolute atomic E-state index is 0.0381. The lowest BCUT2D eigenvalue weighted by atomic mass is 9.85. The maximum Gasteiger partial charge on any atom is 0.422 e. The lowest BCUT2D eigenvalue weighted by Crippen LogP contribution is -2.61. The van der Waals surface area contributed by atoms with Crippen LogP contribution in [0.3, 0.4) is 0 Å². The van der Waals surface area contributed by atoms with E-state index in [1.165, 1.54) is 4.90 Å². The van der Waals surface area contributed by atoms with Crippen molar-refractivity contribution in [3.63, 3.8) is 0 Å². The zero-order valence-corrected chi connectivity index (χ0v) is 37.2. The Kier molecular flexibility index (Phi) is 12.2. The molecule has 4 heterocycles. The molecule has 3 aliphatic heterocycles. The molecular weight excluding hydrogens is 829 g/mol. The summed E-state index contributed by atoms with van der Waals surface area (Å²) in [6, 6.07) is 3.22. The van der Waals surface area contributed by atoms with Gasteiger partial charge in [0, 0.05) is 43.3 Å². The van der Waals surface area contributed by atoms with Crippen LogP contribution >= 0.6 is 0 Å². The molecule has 19 heteroatoms. The van der Waals surface area contributed by atoms with E-state index in [2.05, 4.69) is 30.8 Å². The largest absolute Gasteiger partial charge is 0.489 e. The summed E-state index contributed by atoms with van der Waals surface area (Å²) < 4.78 is 74.1. The second kappa shape index (κ2) is 16.7. The lowest BCUT2D eigenvalue weighted by molar-refractivity contribution is -0.151. The van der Waals surface area contributed by atoms with E-state index >= 15 is 4.79 Å². The number of nitrogens with zero attached hydrogens (tertiary/aromatic N) is 3. The number of carbonyl (C=O) groups is 4. The predicted molar refractivity (Wildman–Crippen MR) is 226 cm³/mol. The number of ether oxygens (including phenoxy) is 3. The molecule has 0 unspecified atom stereocenters. The highest BCUT2D eigenvalue weighted by Gasteiger charge is 2.63. The number of carbonyl (C=O) groups excluding carboxylic acids is 4. The van der Waals surface area contributed by atoms with Gasteiger partial charge in [0.2, 0.25) is 27.7 Å². The first kappa shape index (κ1) is 45.3. The third kappa shape index (κ3) is 8.88. The monoisotopic (exact) mass is 887 g/mol. The van der Waals surface area contributed by atoms with Crippen molar-refractivity contribution < 1.29 is 50.6 Å². The first-order valence-corrected chi connectivity index (χ1v) is 23.0. The molecule has 4 amide bonds. The van der Waals surface area contributed by atoms with Crippen molar-refractivity contribution in [2.45, 2.75) is 133 Å². The topological polar surface area (TPSA) is 198 Å². The second-order valence-electron chi connectivity index (χ2n) is 18.6. The number of halogens is 2. The molecule has 1 aromatic heterocycles. The van der Waals surface area contributed by atoms with Gasteiger partial charge < -0.3 is 29.3 Å². The van der Waals surface area contributed by atoms with Crippen molar-refractivity contribution in [2.75, 3.05) is 31.6 Å². The van der Waals surface area contributed by atoms with Crippen molar-refractivity contribution >= 4 is 50.3 Å². The number of aromatic nitrogens is 1.